The Kier molecular flexibility index (Phi) is 7.82. The molecule has 4 heteroatoms. The fraction of sp³-hybridized carbons (Fsp3) is 1.00. The molecule has 0 spiro atoms. The van der Waals surface area contributed by atoms with E-state index in [2.05, 4.69) is 0 Å². The summed E-state index contributed by atoms with van der Waals surface area (Å²) in [4.78, 5) is 0. The van der Waals surface area contributed by atoms with Gasteiger partial charge in [-0.05, 0) is 51.4 Å². The van der Waals surface area contributed by atoms with Crippen molar-refractivity contribution in [3.63, 3.8) is 0 Å². The highest BCUT2D eigenvalue weighted by atomic mass is 16.5. The minimum Gasteiger partial charge on any atom is -0.380 e. The van der Waals surface area contributed by atoms with E-state index in [1.165, 1.54) is 25.7 Å². The smallest absolute Gasteiger partial charge is 0.0614 e. The molecule has 1 saturated carbocycles. The molecular weight excluding hydrogens is 228 g/mol. The van der Waals surface area contributed by atoms with Crippen molar-refractivity contribution in [1.82, 2.24) is 0 Å². The standard InChI is InChI=1S/C14H30N2O2/c1-11(15)7-17-9-13-3-5-14(6-4-13)10-18-8-12(2)16/h11-14H,3-10,15-16H2,1-2H3. The first kappa shape index (κ1) is 15.9. The third-order valence-electron chi connectivity index (χ3n) is 3.43. The minimum atomic E-state index is 0.146. The largest absolute Gasteiger partial charge is 0.380 e. The van der Waals surface area contributed by atoms with Crippen LogP contribution in [0.5, 0.6) is 0 Å². The molecule has 4 nitrogen and oxygen atoms in total. The summed E-state index contributed by atoms with van der Waals surface area (Å²) in [5.74, 6) is 1.43. The van der Waals surface area contributed by atoms with Gasteiger partial charge in [-0.3, -0.25) is 0 Å². The molecule has 1 rings (SSSR count). The first-order valence-electron chi connectivity index (χ1n) is 7.24. The Morgan fingerprint density at radius 1 is 0.833 bits per heavy atom. The summed E-state index contributed by atoms with van der Waals surface area (Å²) in [6, 6.07) is 0.293. The quantitative estimate of drug-likeness (QED) is 0.692. The van der Waals surface area contributed by atoms with E-state index in [1.807, 2.05) is 13.8 Å². The highest BCUT2D eigenvalue weighted by Gasteiger charge is 2.21. The van der Waals surface area contributed by atoms with Gasteiger partial charge in [0.1, 0.15) is 0 Å². The average Bonchev–Trinajstić information content (AvgIpc) is 2.30. The maximum Gasteiger partial charge on any atom is 0.0614 e. The van der Waals surface area contributed by atoms with Crippen LogP contribution in [0.1, 0.15) is 39.5 Å². The Labute approximate surface area is 111 Å². The highest BCUT2D eigenvalue weighted by molar-refractivity contribution is 4.72. The Morgan fingerprint density at radius 2 is 1.17 bits per heavy atom. The molecule has 0 radical (unpaired) electrons. The van der Waals surface area contributed by atoms with E-state index in [0.717, 1.165) is 13.2 Å². The van der Waals surface area contributed by atoms with E-state index in [-0.39, 0.29) is 12.1 Å². The second-order valence-electron chi connectivity index (χ2n) is 5.92. The summed E-state index contributed by atoms with van der Waals surface area (Å²) < 4.78 is 11.2. The molecule has 18 heavy (non-hydrogen) atoms. The predicted molar refractivity (Wildman–Crippen MR) is 74.4 cm³/mol. The van der Waals surface area contributed by atoms with Crippen molar-refractivity contribution in [2.75, 3.05) is 26.4 Å². The monoisotopic (exact) mass is 258 g/mol. The number of nitrogens with two attached hydrogens (primary N) is 2. The molecule has 0 bridgehead atoms. The normalized spacial score (nSPS) is 28.0. The van der Waals surface area contributed by atoms with Crippen LogP contribution in [0, 0.1) is 11.8 Å². The number of hydrogen-bond acceptors (Lipinski definition) is 4. The third kappa shape index (κ3) is 7.31. The summed E-state index contributed by atoms with van der Waals surface area (Å²) >= 11 is 0. The second-order valence-corrected chi connectivity index (χ2v) is 5.92. The van der Waals surface area contributed by atoms with Crippen molar-refractivity contribution < 1.29 is 9.47 Å². The van der Waals surface area contributed by atoms with Gasteiger partial charge in [0, 0.05) is 25.3 Å². The van der Waals surface area contributed by atoms with E-state index < -0.39 is 0 Å². The summed E-state index contributed by atoms with van der Waals surface area (Å²) in [5, 5.41) is 0. The molecule has 1 fully saturated rings. The van der Waals surface area contributed by atoms with E-state index in [9.17, 15) is 0 Å². The first-order valence-corrected chi connectivity index (χ1v) is 7.24. The van der Waals surface area contributed by atoms with Gasteiger partial charge >= 0.3 is 0 Å². The minimum absolute atomic E-state index is 0.146. The third-order valence-corrected chi connectivity index (χ3v) is 3.43. The van der Waals surface area contributed by atoms with Crippen LogP contribution < -0.4 is 11.5 Å². The number of ether oxygens (including phenoxy) is 2. The lowest BCUT2D eigenvalue weighted by Crippen LogP contribution is -2.27. The van der Waals surface area contributed by atoms with E-state index in [0.29, 0.717) is 25.0 Å². The molecular formula is C14H30N2O2. The van der Waals surface area contributed by atoms with Crippen molar-refractivity contribution in [1.29, 1.82) is 0 Å². The van der Waals surface area contributed by atoms with Crippen molar-refractivity contribution in [3.05, 3.63) is 0 Å². The zero-order valence-corrected chi connectivity index (χ0v) is 11.9. The van der Waals surface area contributed by atoms with Crippen LogP contribution in [0.3, 0.4) is 0 Å². The molecule has 0 aromatic carbocycles. The van der Waals surface area contributed by atoms with Gasteiger partial charge in [0.2, 0.25) is 0 Å². The zero-order chi connectivity index (χ0) is 13.4. The highest BCUT2D eigenvalue weighted by Crippen LogP contribution is 2.29. The molecule has 0 aliphatic heterocycles. The molecule has 2 unspecified atom stereocenters. The van der Waals surface area contributed by atoms with E-state index in [1.54, 1.807) is 0 Å². The van der Waals surface area contributed by atoms with Gasteiger partial charge in [-0.2, -0.15) is 0 Å². The molecule has 0 amide bonds. The van der Waals surface area contributed by atoms with Crippen molar-refractivity contribution in [2.24, 2.45) is 23.3 Å². The van der Waals surface area contributed by atoms with Crippen molar-refractivity contribution in [2.45, 2.75) is 51.6 Å². The van der Waals surface area contributed by atoms with Crippen LogP contribution in [0.25, 0.3) is 0 Å². The van der Waals surface area contributed by atoms with Gasteiger partial charge in [0.05, 0.1) is 13.2 Å². The van der Waals surface area contributed by atoms with Crippen LogP contribution in [-0.4, -0.2) is 38.5 Å². The molecule has 108 valence electrons. The Morgan fingerprint density at radius 3 is 1.44 bits per heavy atom. The van der Waals surface area contributed by atoms with Gasteiger partial charge in [-0.15, -0.1) is 0 Å². The number of rotatable bonds is 8. The second kappa shape index (κ2) is 8.86. The van der Waals surface area contributed by atoms with Gasteiger partial charge in [-0.25, -0.2) is 0 Å². The molecule has 4 N–H and O–H groups in total. The molecule has 0 heterocycles. The first-order chi connectivity index (χ1) is 8.58. The van der Waals surface area contributed by atoms with E-state index in [4.69, 9.17) is 20.9 Å². The van der Waals surface area contributed by atoms with Crippen LogP contribution in [-0.2, 0) is 9.47 Å². The Bertz CT molecular complexity index is 180. The van der Waals surface area contributed by atoms with Crippen LogP contribution in [0.15, 0.2) is 0 Å². The molecule has 0 aromatic heterocycles. The lowest BCUT2D eigenvalue weighted by Gasteiger charge is -2.28. The molecule has 1 aliphatic rings. The van der Waals surface area contributed by atoms with Crippen molar-refractivity contribution >= 4 is 0 Å². The summed E-state index contributed by atoms with van der Waals surface area (Å²) in [5.41, 5.74) is 11.3. The summed E-state index contributed by atoms with van der Waals surface area (Å²) in [7, 11) is 0. The van der Waals surface area contributed by atoms with Crippen LogP contribution >= 0.6 is 0 Å². The van der Waals surface area contributed by atoms with E-state index >= 15 is 0 Å². The topological polar surface area (TPSA) is 70.5 Å². The maximum absolute atomic E-state index is 5.66. The van der Waals surface area contributed by atoms with Crippen LogP contribution in [0.2, 0.25) is 0 Å². The number of hydrogen-bond donors (Lipinski definition) is 2. The lowest BCUT2D eigenvalue weighted by molar-refractivity contribution is 0.0447. The molecule has 0 aromatic rings. The lowest BCUT2D eigenvalue weighted by atomic mass is 9.83. The van der Waals surface area contributed by atoms with Gasteiger partial charge in [0.25, 0.3) is 0 Å². The SMILES string of the molecule is CC(N)COCC1CCC(COCC(C)N)CC1. The summed E-state index contributed by atoms with van der Waals surface area (Å²) in [6.07, 6.45) is 5.02. The Balaban J connectivity index is 2.02. The van der Waals surface area contributed by atoms with Crippen LogP contribution in [0.4, 0.5) is 0 Å². The van der Waals surface area contributed by atoms with Gasteiger partial charge in [-0.1, -0.05) is 0 Å². The fourth-order valence-corrected chi connectivity index (χ4v) is 2.41. The molecule has 0 saturated heterocycles. The predicted octanol–water partition coefficient (Wildman–Crippen LogP) is 1.52. The Hall–Kier alpha value is -0.160. The van der Waals surface area contributed by atoms with Crippen molar-refractivity contribution in [3.8, 4) is 0 Å². The van der Waals surface area contributed by atoms with Gasteiger partial charge < -0.3 is 20.9 Å². The molecule has 1 aliphatic carbocycles. The fourth-order valence-electron chi connectivity index (χ4n) is 2.41. The summed E-state index contributed by atoms with van der Waals surface area (Å²) in [6.45, 7) is 7.05. The maximum atomic E-state index is 5.66. The molecule has 2 atom stereocenters. The van der Waals surface area contributed by atoms with Gasteiger partial charge in [0.15, 0.2) is 0 Å². The average molecular weight is 258 g/mol. The zero-order valence-electron chi connectivity index (χ0n) is 11.9.